The summed E-state index contributed by atoms with van der Waals surface area (Å²) in [7, 11) is 0. The number of halogens is 1. The van der Waals surface area contributed by atoms with Crippen LogP contribution in [-0.4, -0.2) is 35.8 Å². The van der Waals surface area contributed by atoms with Gasteiger partial charge < -0.3 is 10.2 Å². The summed E-state index contributed by atoms with van der Waals surface area (Å²) < 4.78 is 0. The second kappa shape index (κ2) is 5.61. The van der Waals surface area contributed by atoms with Crippen molar-refractivity contribution >= 4 is 23.4 Å². The summed E-state index contributed by atoms with van der Waals surface area (Å²) in [5.74, 6) is -0.219. The highest BCUT2D eigenvalue weighted by Gasteiger charge is 2.32. The van der Waals surface area contributed by atoms with Crippen molar-refractivity contribution in [3.63, 3.8) is 0 Å². The van der Waals surface area contributed by atoms with Crippen molar-refractivity contribution in [2.45, 2.75) is 26.3 Å². The van der Waals surface area contributed by atoms with E-state index < -0.39 is 0 Å². The first-order chi connectivity index (χ1) is 9.04. The van der Waals surface area contributed by atoms with Crippen molar-refractivity contribution in [3.8, 4) is 0 Å². The Morgan fingerprint density at radius 1 is 1.53 bits per heavy atom. The molecule has 102 valence electrons. The van der Waals surface area contributed by atoms with E-state index in [2.05, 4.69) is 5.32 Å². The molecule has 1 heterocycles. The Hall–Kier alpha value is -1.55. The van der Waals surface area contributed by atoms with E-state index in [-0.39, 0.29) is 17.9 Å². The number of carbonyl (C=O) groups excluding carboxylic acids is 2. The second-order valence-electron chi connectivity index (χ2n) is 4.68. The maximum Gasteiger partial charge on any atom is 0.254 e. The summed E-state index contributed by atoms with van der Waals surface area (Å²) >= 11 is 6.05. The van der Waals surface area contributed by atoms with Crippen LogP contribution in [0.15, 0.2) is 18.2 Å². The molecule has 0 radical (unpaired) electrons. The molecule has 0 aromatic heterocycles. The number of nitrogens with zero attached hydrogens (tertiary/aromatic N) is 1. The number of hydrogen-bond donors (Lipinski definition) is 1. The number of benzene rings is 1. The fourth-order valence-corrected chi connectivity index (χ4v) is 2.44. The average molecular weight is 281 g/mol. The molecule has 2 rings (SSSR count). The molecule has 0 spiro atoms. The van der Waals surface area contributed by atoms with Gasteiger partial charge in [-0.15, -0.1) is 0 Å². The van der Waals surface area contributed by atoms with Gasteiger partial charge in [0, 0.05) is 23.7 Å². The van der Waals surface area contributed by atoms with Gasteiger partial charge >= 0.3 is 0 Å². The van der Waals surface area contributed by atoms with Crippen molar-refractivity contribution in [2.75, 3.05) is 13.1 Å². The molecule has 1 N–H and O–H groups in total. The van der Waals surface area contributed by atoms with Crippen LogP contribution in [0.3, 0.4) is 0 Å². The quantitative estimate of drug-likeness (QED) is 0.901. The zero-order valence-corrected chi connectivity index (χ0v) is 11.8. The highest BCUT2D eigenvalue weighted by atomic mass is 35.5. The third-order valence-corrected chi connectivity index (χ3v) is 3.80. The predicted molar refractivity (Wildman–Crippen MR) is 74.3 cm³/mol. The minimum absolute atomic E-state index is 0.0830. The van der Waals surface area contributed by atoms with Gasteiger partial charge in [0.1, 0.15) is 6.04 Å². The van der Waals surface area contributed by atoms with Crippen LogP contribution in [0.25, 0.3) is 0 Å². The summed E-state index contributed by atoms with van der Waals surface area (Å²) in [6.07, 6.45) is 0.608. The lowest BCUT2D eigenvalue weighted by Crippen LogP contribution is -2.56. The van der Waals surface area contributed by atoms with Gasteiger partial charge in [-0.25, -0.2) is 0 Å². The predicted octanol–water partition coefficient (Wildman–Crippen LogP) is 2.00. The van der Waals surface area contributed by atoms with Crippen LogP contribution < -0.4 is 5.32 Å². The minimum Gasteiger partial charge on any atom is -0.353 e. The summed E-state index contributed by atoms with van der Waals surface area (Å²) in [5, 5.41) is 3.35. The van der Waals surface area contributed by atoms with E-state index in [0.717, 1.165) is 5.56 Å². The second-order valence-corrected chi connectivity index (χ2v) is 5.08. The van der Waals surface area contributed by atoms with Gasteiger partial charge in [-0.3, -0.25) is 9.59 Å². The normalized spacial score (nSPS) is 19.2. The van der Waals surface area contributed by atoms with Gasteiger partial charge in [0.25, 0.3) is 5.91 Å². The van der Waals surface area contributed by atoms with E-state index in [0.29, 0.717) is 30.1 Å². The van der Waals surface area contributed by atoms with E-state index in [1.165, 1.54) is 0 Å². The highest BCUT2D eigenvalue weighted by Crippen LogP contribution is 2.20. The molecule has 1 unspecified atom stereocenters. The molecule has 0 aliphatic carbocycles. The third-order valence-electron chi connectivity index (χ3n) is 3.40. The summed E-state index contributed by atoms with van der Waals surface area (Å²) in [6.45, 7) is 4.83. The van der Waals surface area contributed by atoms with E-state index in [4.69, 9.17) is 11.6 Å². The first-order valence-corrected chi connectivity index (χ1v) is 6.77. The van der Waals surface area contributed by atoms with Crippen LogP contribution in [0.5, 0.6) is 0 Å². The molecule has 2 amide bonds. The minimum atomic E-state index is -0.388. The van der Waals surface area contributed by atoms with Crippen LogP contribution in [0.2, 0.25) is 5.02 Å². The van der Waals surface area contributed by atoms with Gasteiger partial charge in [-0.1, -0.05) is 24.6 Å². The zero-order valence-electron chi connectivity index (χ0n) is 11.1. The number of aryl methyl sites for hydroxylation is 1. The van der Waals surface area contributed by atoms with Crippen molar-refractivity contribution in [1.82, 2.24) is 10.2 Å². The molecule has 1 aromatic rings. The number of amides is 2. The molecular weight excluding hydrogens is 264 g/mol. The van der Waals surface area contributed by atoms with E-state index in [1.54, 1.807) is 17.0 Å². The molecule has 1 fully saturated rings. The van der Waals surface area contributed by atoms with Gasteiger partial charge in [-0.05, 0) is 31.0 Å². The van der Waals surface area contributed by atoms with Crippen molar-refractivity contribution in [2.24, 2.45) is 0 Å². The molecule has 1 saturated heterocycles. The number of nitrogens with one attached hydrogen (secondary N) is 1. The molecule has 1 aliphatic heterocycles. The fourth-order valence-electron chi connectivity index (χ4n) is 2.26. The van der Waals surface area contributed by atoms with Crippen LogP contribution in [0.1, 0.15) is 29.3 Å². The summed E-state index contributed by atoms with van der Waals surface area (Å²) in [5.41, 5.74) is 1.46. The molecule has 0 saturated carbocycles. The zero-order chi connectivity index (χ0) is 14.0. The topological polar surface area (TPSA) is 49.4 Å². The molecule has 1 aliphatic rings. The van der Waals surface area contributed by atoms with Gasteiger partial charge in [0.15, 0.2) is 0 Å². The fraction of sp³-hybridized carbons (Fsp3) is 0.429. The van der Waals surface area contributed by atoms with Gasteiger partial charge in [0.05, 0.1) is 0 Å². The molecule has 4 nitrogen and oxygen atoms in total. The van der Waals surface area contributed by atoms with E-state index >= 15 is 0 Å². The molecular formula is C14H17ClN2O2. The Balaban J connectivity index is 2.26. The maximum absolute atomic E-state index is 12.5. The SMILES string of the molecule is CCC1C(=O)NCCN1C(=O)c1ccc(C)c(Cl)c1. The monoisotopic (exact) mass is 280 g/mol. The molecule has 0 bridgehead atoms. The standard InChI is InChI=1S/C14H17ClN2O2/c1-3-12-13(18)16-6-7-17(12)14(19)10-5-4-9(2)11(15)8-10/h4-5,8,12H,3,6-7H2,1-2H3,(H,16,18). The summed E-state index contributed by atoms with van der Waals surface area (Å²) in [4.78, 5) is 25.9. The Kier molecular flexibility index (Phi) is 4.10. The number of rotatable bonds is 2. The Morgan fingerprint density at radius 2 is 2.26 bits per heavy atom. The van der Waals surface area contributed by atoms with Crippen LogP contribution in [0.4, 0.5) is 0 Å². The number of carbonyl (C=O) groups is 2. The summed E-state index contributed by atoms with van der Waals surface area (Å²) in [6, 6.07) is 4.85. The van der Waals surface area contributed by atoms with E-state index in [9.17, 15) is 9.59 Å². The Morgan fingerprint density at radius 3 is 2.89 bits per heavy atom. The largest absolute Gasteiger partial charge is 0.353 e. The van der Waals surface area contributed by atoms with Crippen molar-refractivity contribution in [1.29, 1.82) is 0 Å². The smallest absolute Gasteiger partial charge is 0.254 e. The van der Waals surface area contributed by atoms with Gasteiger partial charge in [0.2, 0.25) is 5.91 Å². The lowest BCUT2D eigenvalue weighted by atomic mass is 10.1. The van der Waals surface area contributed by atoms with Crippen molar-refractivity contribution in [3.05, 3.63) is 34.3 Å². The van der Waals surface area contributed by atoms with Crippen LogP contribution in [0, 0.1) is 6.92 Å². The highest BCUT2D eigenvalue weighted by molar-refractivity contribution is 6.31. The van der Waals surface area contributed by atoms with Crippen LogP contribution >= 0.6 is 11.6 Å². The molecule has 19 heavy (non-hydrogen) atoms. The Labute approximate surface area is 117 Å². The van der Waals surface area contributed by atoms with Crippen molar-refractivity contribution < 1.29 is 9.59 Å². The van der Waals surface area contributed by atoms with Crippen LogP contribution in [-0.2, 0) is 4.79 Å². The first kappa shape index (κ1) is 13.9. The van der Waals surface area contributed by atoms with Gasteiger partial charge in [-0.2, -0.15) is 0 Å². The molecule has 1 atom stereocenters. The third kappa shape index (κ3) is 2.73. The lowest BCUT2D eigenvalue weighted by Gasteiger charge is -2.34. The molecule has 1 aromatic carbocycles. The van der Waals surface area contributed by atoms with E-state index in [1.807, 2.05) is 19.9 Å². The maximum atomic E-state index is 12.5. The lowest BCUT2D eigenvalue weighted by molar-refractivity contribution is -0.127. The Bertz CT molecular complexity index is 516. The first-order valence-electron chi connectivity index (χ1n) is 6.39. The average Bonchev–Trinajstić information content (AvgIpc) is 2.40. The molecule has 5 heteroatoms. The number of piperazine rings is 1. The number of hydrogen-bond acceptors (Lipinski definition) is 2.